The number of ether oxygens (including phenoxy) is 2. The summed E-state index contributed by atoms with van der Waals surface area (Å²) in [6.45, 7) is 4.48. The fourth-order valence-electron chi connectivity index (χ4n) is 4.62. The van der Waals surface area contributed by atoms with Crippen LogP contribution in [0.5, 0.6) is 5.75 Å². The van der Waals surface area contributed by atoms with Crippen LogP contribution in [-0.4, -0.2) is 48.4 Å². The van der Waals surface area contributed by atoms with E-state index in [2.05, 4.69) is 29.2 Å². The number of hydrogen-bond donors (Lipinski definition) is 1. The van der Waals surface area contributed by atoms with Gasteiger partial charge in [0.05, 0.1) is 6.61 Å². The van der Waals surface area contributed by atoms with Gasteiger partial charge in [0.2, 0.25) is 0 Å². The first-order valence-electron chi connectivity index (χ1n) is 12.0. The molecule has 1 aliphatic heterocycles. The molecule has 1 atom stereocenters. The maximum Gasteiger partial charge on any atom is 0.342 e. The molecule has 35 heavy (non-hydrogen) atoms. The number of fused-ring (bicyclic) bond motifs is 2. The Bertz CT molecular complexity index is 1310. The van der Waals surface area contributed by atoms with Gasteiger partial charge in [-0.15, -0.1) is 0 Å². The molecule has 180 valence electrons. The number of carbonyl (C=O) groups excluding carboxylic acids is 1. The van der Waals surface area contributed by atoms with Crippen molar-refractivity contribution in [3.05, 3.63) is 89.5 Å². The molecule has 0 fully saturated rings. The standard InChI is InChI=1S/C29H29NO5/c1-2-33-29(32)27-25-16-24(12-13-26(25)35-28(27)21-9-4-3-5-10-21)34-19-23(31)18-30-15-14-20-8-6-7-11-22(20)17-30/h3-13,16,23,31H,2,14-15,17-19H2,1H3/t23-/m1/s1. The van der Waals surface area contributed by atoms with Crippen LogP contribution >= 0.6 is 0 Å². The summed E-state index contributed by atoms with van der Waals surface area (Å²) in [5.41, 5.74) is 4.46. The zero-order chi connectivity index (χ0) is 24.2. The summed E-state index contributed by atoms with van der Waals surface area (Å²) in [6.07, 6.45) is 0.353. The number of hydrogen-bond acceptors (Lipinski definition) is 6. The summed E-state index contributed by atoms with van der Waals surface area (Å²) >= 11 is 0. The molecule has 0 bridgehead atoms. The average Bonchev–Trinajstić information content (AvgIpc) is 3.27. The van der Waals surface area contributed by atoms with Crippen LogP contribution in [0.15, 0.2) is 77.2 Å². The van der Waals surface area contributed by atoms with Crippen LogP contribution < -0.4 is 4.74 Å². The van der Waals surface area contributed by atoms with E-state index in [9.17, 15) is 9.90 Å². The average molecular weight is 472 g/mol. The molecule has 0 saturated heterocycles. The van der Waals surface area contributed by atoms with Gasteiger partial charge in [-0.05, 0) is 42.7 Å². The van der Waals surface area contributed by atoms with Gasteiger partial charge in [-0.2, -0.15) is 0 Å². The van der Waals surface area contributed by atoms with Crippen molar-refractivity contribution in [1.29, 1.82) is 0 Å². The number of aliphatic hydroxyl groups is 1. The Kier molecular flexibility index (Phi) is 6.84. The molecule has 0 unspecified atom stereocenters. The molecule has 1 aromatic heterocycles. The molecule has 0 saturated carbocycles. The van der Waals surface area contributed by atoms with Crippen molar-refractivity contribution in [2.24, 2.45) is 0 Å². The second-order valence-electron chi connectivity index (χ2n) is 8.77. The maximum absolute atomic E-state index is 12.8. The summed E-state index contributed by atoms with van der Waals surface area (Å²) in [7, 11) is 0. The SMILES string of the molecule is CCOC(=O)c1c(-c2ccccc2)oc2ccc(OC[C@H](O)CN3CCc4ccccc4C3)cc12. The lowest BCUT2D eigenvalue weighted by atomic mass is 10.00. The minimum Gasteiger partial charge on any atom is -0.491 e. The Morgan fingerprint density at radius 2 is 1.83 bits per heavy atom. The third kappa shape index (κ3) is 5.09. The van der Waals surface area contributed by atoms with E-state index in [4.69, 9.17) is 13.9 Å². The number of rotatable bonds is 8. The Balaban J connectivity index is 1.31. The summed E-state index contributed by atoms with van der Waals surface area (Å²) in [5, 5.41) is 11.3. The molecule has 0 spiro atoms. The van der Waals surface area contributed by atoms with Crippen molar-refractivity contribution < 1.29 is 23.8 Å². The Labute approximate surface area is 204 Å². The van der Waals surface area contributed by atoms with E-state index < -0.39 is 12.1 Å². The molecule has 4 aromatic rings. The lowest BCUT2D eigenvalue weighted by Crippen LogP contribution is -2.38. The molecule has 0 amide bonds. The topological polar surface area (TPSA) is 72.1 Å². The molecular formula is C29H29NO5. The van der Waals surface area contributed by atoms with Crippen LogP contribution in [0, 0.1) is 0 Å². The van der Waals surface area contributed by atoms with Crippen LogP contribution in [0.25, 0.3) is 22.3 Å². The van der Waals surface area contributed by atoms with Crippen molar-refractivity contribution in [2.75, 3.05) is 26.3 Å². The third-order valence-corrected chi connectivity index (χ3v) is 6.30. The number of benzene rings is 3. The number of aliphatic hydroxyl groups excluding tert-OH is 1. The molecule has 1 aliphatic rings. The van der Waals surface area contributed by atoms with Crippen LogP contribution in [0.4, 0.5) is 0 Å². The van der Waals surface area contributed by atoms with E-state index in [1.165, 1.54) is 11.1 Å². The quantitative estimate of drug-likeness (QED) is 0.362. The summed E-state index contributed by atoms with van der Waals surface area (Å²) in [5.74, 6) is 0.598. The smallest absolute Gasteiger partial charge is 0.342 e. The van der Waals surface area contributed by atoms with Gasteiger partial charge in [0, 0.05) is 30.6 Å². The number of esters is 1. The normalized spacial score (nSPS) is 14.5. The summed E-state index contributed by atoms with van der Waals surface area (Å²) < 4.78 is 17.3. The Morgan fingerprint density at radius 1 is 1.06 bits per heavy atom. The van der Waals surface area contributed by atoms with Gasteiger partial charge in [-0.1, -0.05) is 54.6 Å². The van der Waals surface area contributed by atoms with Crippen LogP contribution in [-0.2, 0) is 17.7 Å². The van der Waals surface area contributed by atoms with Crippen molar-refractivity contribution in [3.8, 4) is 17.1 Å². The van der Waals surface area contributed by atoms with Gasteiger partial charge < -0.3 is 19.0 Å². The highest BCUT2D eigenvalue weighted by Crippen LogP contribution is 2.36. The van der Waals surface area contributed by atoms with Gasteiger partial charge in [0.25, 0.3) is 0 Å². The number of carbonyl (C=O) groups is 1. The van der Waals surface area contributed by atoms with E-state index >= 15 is 0 Å². The third-order valence-electron chi connectivity index (χ3n) is 6.30. The first-order valence-corrected chi connectivity index (χ1v) is 12.0. The van der Waals surface area contributed by atoms with Crippen molar-refractivity contribution in [1.82, 2.24) is 4.90 Å². The Morgan fingerprint density at radius 3 is 2.63 bits per heavy atom. The highest BCUT2D eigenvalue weighted by Gasteiger charge is 2.24. The van der Waals surface area contributed by atoms with Gasteiger partial charge >= 0.3 is 5.97 Å². The number of furan rings is 1. The Hall–Kier alpha value is -3.61. The zero-order valence-corrected chi connectivity index (χ0v) is 19.8. The first-order chi connectivity index (χ1) is 17.1. The lowest BCUT2D eigenvalue weighted by Gasteiger charge is -2.30. The molecule has 0 radical (unpaired) electrons. The molecule has 3 aromatic carbocycles. The van der Waals surface area contributed by atoms with Crippen LogP contribution in [0.3, 0.4) is 0 Å². The van der Waals surface area contributed by atoms with Crippen molar-refractivity contribution in [2.45, 2.75) is 26.0 Å². The molecule has 0 aliphatic carbocycles. The number of β-amino-alcohol motifs (C(OH)–C–C–N with tert-alkyl or cyclic N) is 1. The highest BCUT2D eigenvalue weighted by atomic mass is 16.5. The molecule has 6 heteroatoms. The van der Waals surface area contributed by atoms with E-state index in [1.54, 1.807) is 25.1 Å². The second kappa shape index (κ2) is 10.3. The zero-order valence-electron chi connectivity index (χ0n) is 19.8. The van der Waals surface area contributed by atoms with Gasteiger partial charge in [0.1, 0.15) is 35.4 Å². The fraction of sp³-hybridized carbons (Fsp3) is 0.276. The maximum atomic E-state index is 12.8. The van der Waals surface area contributed by atoms with E-state index in [1.807, 2.05) is 30.3 Å². The van der Waals surface area contributed by atoms with Gasteiger partial charge in [0.15, 0.2) is 0 Å². The van der Waals surface area contributed by atoms with Crippen LogP contribution in [0.1, 0.15) is 28.4 Å². The minimum absolute atomic E-state index is 0.155. The molecular weight excluding hydrogens is 442 g/mol. The molecule has 6 nitrogen and oxygen atoms in total. The van der Waals surface area contributed by atoms with E-state index in [-0.39, 0.29) is 13.2 Å². The largest absolute Gasteiger partial charge is 0.491 e. The second-order valence-corrected chi connectivity index (χ2v) is 8.77. The van der Waals surface area contributed by atoms with Gasteiger partial charge in [-0.25, -0.2) is 4.79 Å². The van der Waals surface area contributed by atoms with Gasteiger partial charge in [-0.3, -0.25) is 4.90 Å². The first kappa shape index (κ1) is 23.1. The molecule has 5 rings (SSSR count). The van der Waals surface area contributed by atoms with Crippen LogP contribution in [0.2, 0.25) is 0 Å². The van der Waals surface area contributed by atoms with Crippen molar-refractivity contribution >= 4 is 16.9 Å². The lowest BCUT2D eigenvalue weighted by molar-refractivity contribution is 0.0528. The van der Waals surface area contributed by atoms with E-state index in [0.29, 0.717) is 34.6 Å². The van der Waals surface area contributed by atoms with E-state index in [0.717, 1.165) is 25.1 Å². The fourth-order valence-corrected chi connectivity index (χ4v) is 4.62. The summed E-state index contributed by atoms with van der Waals surface area (Å²) in [4.78, 5) is 15.1. The molecule has 2 heterocycles. The minimum atomic E-state index is -0.635. The highest BCUT2D eigenvalue weighted by molar-refractivity contribution is 6.09. The predicted octanol–water partition coefficient (Wildman–Crippen LogP) is 5.07. The number of nitrogens with zero attached hydrogens (tertiary/aromatic N) is 1. The summed E-state index contributed by atoms with van der Waals surface area (Å²) in [6, 6.07) is 23.3. The van der Waals surface area contributed by atoms with Crippen molar-refractivity contribution in [3.63, 3.8) is 0 Å². The predicted molar refractivity (Wildman–Crippen MR) is 135 cm³/mol. The molecule has 1 N–H and O–H groups in total. The monoisotopic (exact) mass is 471 g/mol.